The second kappa shape index (κ2) is 7.63. The molecule has 0 radical (unpaired) electrons. The van der Waals surface area contributed by atoms with Crippen LogP contribution in [-0.4, -0.2) is 5.11 Å². The molecular formula is C18H22O. The summed E-state index contributed by atoms with van der Waals surface area (Å²) in [6.45, 7) is 0. The lowest BCUT2D eigenvalue weighted by Gasteiger charge is -2.03. The third kappa shape index (κ3) is 5.17. The highest BCUT2D eigenvalue weighted by Gasteiger charge is 1.96. The summed E-state index contributed by atoms with van der Waals surface area (Å²) >= 11 is 0. The van der Waals surface area contributed by atoms with E-state index in [0.717, 1.165) is 6.42 Å². The van der Waals surface area contributed by atoms with Crippen LogP contribution >= 0.6 is 0 Å². The monoisotopic (exact) mass is 254 g/mol. The lowest BCUT2D eigenvalue weighted by Crippen LogP contribution is -1.88. The van der Waals surface area contributed by atoms with Crippen molar-refractivity contribution in [1.82, 2.24) is 0 Å². The van der Waals surface area contributed by atoms with Gasteiger partial charge < -0.3 is 5.11 Å². The number of hydrogen-bond donors (Lipinski definition) is 1. The highest BCUT2D eigenvalue weighted by molar-refractivity contribution is 5.25. The van der Waals surface area contributed by atoms with Crippen LogP contribution < -0.4 is 0 Å². The van der Waals surface area contributed by atoms with E-state index in [0.29, 0.717) is 5.75 Å². The fraction of sp³-hybridized carbons (Fsp3) is 0.333. The van der Waals surface area contributed by atoms with Gasteiger partial charge in [-0.15, -0.1) is 0 Å². The van der Waals surface area contributed by atoms with Gasteiger partial charge in [0.15, 0.2) is 0 Å². The Bertz CT molecular complexity index is 459. The van der Waals surface area contributed by atoms with Gasteiger partial charge in [-0.2, -0.15) is 0 Å². The molecule has 0 aliphatic carbocycles. The van der Waals surface area contributed by atoms with Crippen LogP contribution in [0.4, 0.5) is 0 Å². The summed E-state index contributed by atoms with van der Waals surface area (Å²) in [5.74, 6) is 0.353. The van der Waals surface area contributed by atoms with Crippen molar-refractivity contribution in [2.45, 2.75) is 38.5 Å². The van der Waals surface area contributed by atoms with Gasteiger partial charge in [-0.05, 0) is 48.9 Å². The summed E-state index contributed by atoms with van der Waals surface area (Å²) in [6.07, 6.45) is 7.41. The van der Waals surface area contributed by atoms with Gasteiger partial charge in [-0.3, -0.25) is 0 Å². The molecule has 0 fully saturated rings. The number of hydrogen-bond acceptors (Lipinski definition) is 1. The molecule has 1 heteroatoms. The van der Waals surface area contributed by atoms with Gasteiger partial charge in [0.25, 0.3) is 0 Å². The largest absolute Gasteiger partial charge is 0.508 e. The smallest absolute Gasteiger partial charge is 0.115 e. The van der Waals surface area contributed by atoms with Crippen LogP contribution in [0, 0.1) is 0 Å². The van der Waals surface area contributed by atoms with Crippen LogP contribution in [0.3, 0.4) is 0 Å². The number of rotatable bonds is 7. The number of aromatic hydroxyl groups is 1. The van der Waals surface area contributed by atoms with Crippen molar-refractivity contribution in [2.75, 3.05) is 0 Å². The van der Waals surface area contributed by atoms with E-state index in [4.69, 9.17) is 0 Å². The first-order valence-corrected chi connectivity index (χ1v) is 7.16. The van der Waals surface area contributed by atoms with Gasteiger partial charge in [0, 0.05) is 0 Å². The Morgan fingerprint density at radius 3 is 1.68 bits per heavy atom. The van der Waals surface area contributed by atoms with Crippen molar-refractivity contribution >= 4 is 0 Å². The topological polar surface area (TPSA) is 20.2 Å². The molecule has 2 aromatic rings. The van der Waals surface area contributed by atoms with E-state index < -0.39 is 0 Å². The van der Waals surface area contributed by atoms with Gasteiger partial charge >= 0.3 is 0 Å². The van der Waals surface area contributed by atoms with E-state index in [1.165, 1.54) is 43.2 Å². The Morgan fingerprint density at radius 1 is 0.579 bits per heavy atom. The molecule has 0 spiro atoms. The summed E-state index contributed by atoms with van der Waals surface area (Å²) in [4.78, 5) is 0. The molecule has 0 atom stereocenters. The van der Waals surface area contributed by atoms with E-state index in [1.807, 2.05) is 12.1 Å². The van der Waals surface area contributed by atoms with Crippen molar-refractivity contribution in [3.8, 4) is 5.75 Å². The van der Waals surface area contributed by atoms with Gasteiger partial charge in [-0.25, -0.2) is 0 Å². The fourth-order valence-electron chi connectivity index (χ4n) is 2.32. The highest BCUT2D eigenvalue weighted by Crippen LogP contribution is 2.13. The van der Waals surface area contributed by atoms with Crippen molar-refractivity contribution in [3.05, 3.63) is 65.7 Å². The van der Waals surface area contributed by atoms with Gasteiger partial charge in [-0.1, -0.05) is 55.3 Å². The first-order valence-electron chi connectivity index (χ1n) is 7.16. The third-order valence-corrected chi connectivity index (χ3v) is 3.46. The average molecular weight is 254 g/mol. The number of benzene rings is 2. The molecule has 0 bridgehead atoms. The van der Waals surface area contributed by atoms with Crippen LogP contribution in [0.25, 0.3) is 0 Å². The van der Waals surface area contributed by atoms with Crippen molar-refractivity contribution < 1.29 is 5.11 Å². The van der Waals surface area contributed by atoms with Crippen LogP contribution in [-0.2, 0) is 12.8 Å². The minimum Gasteiger partial charge on any atom is -0.508 e. The maximum Gasteiger partial charge on any atom is 0.115 e. The standard InChI is InChI=1S/C18H22O/c19-18-14-12-17(13-15-18)11-5-2-1-4-8-16-9-6-3-7-10-16/h3,6-7,9-10,12-15,19H,1-2,4-5,8,11H2. The summed E-state index contributed by atoms with van der Waals surface area (Å²) in [6, 6.07) is 18.3. The van der Waals surface area contributed by atoms with Crippen LogP contribution in [0.15, 0.2) is 54.6 Å². The molecule has 0 saturated carbocycles. The second-order valence-electron chi connectivity index (χ2n) is 5.07. The predicted molar refractivity (Wildman–Crippen MR) is 80.4 cm³/mol. The normalized spacial score (nSPS) is 10.5. The molecule has 19 heavy (non-hydrogen) atoms. The van der Waals surface area contributed by atoms with Crippen LogP contribution in [0.1, 0.15) is 36.8 Å². The zero-order valence-electron chi connectivity index (χ0n) is 11.4. The summed E-state index contributed by atoms with van der Waals surface area (Å²) < 4.78 is 0. The molecule has 1 nitrogen and oxygen atoms in total. The summed E-state index contributed by atoms with van der Waals surface area (Å²) in [5, 5.41) is 9.21. The fourth-order valence-corrected chi connectivity index (χ4v) is 2.32. The summed E-state index contributed by atoms with van der Waals surface area (Å²) in [7, 11) is 0. The number of phenolic OH excluding ortho intramolecular Hbond substituents is 1. The Balaban J connectivity index is 1.56. The molecule has 2 aromatic carbocycles. The molecule has 0 unspecified atom stereocenters. The van der Waals surface area contributed by atoms with Gasteiger partial charge in [0.1, 0.15) is 5.75 Å². The lowest BCUT2D eigenvalue weighted by molar-refractivity contribution is 0.475. The van der Waals surface area contributed by atoms with Gasteiger partial charge in [0.2, 0.25) is 0 Å². The molecule has 0 saturated heterocycles. The first kappa shape index (κ1) is 13.7. The average Bonchev–Trinajstić information content (AvgIpc) is 2.46. The van der Waals surface area contributed by atoms with Crippen LogP contribution in [0.2, 0.25) is 0 Å². The van der Waals surface area contributed by atoms with E-state index >= 15 is 0 Å². The Morgan fingerprint density at radius 2 is 1.11 bits per heavy atom. The molecule has 0 aliphatic rings. The lowest BCUT2D eigenvalue weighted by atomic mass is 10.0. The molecule has 0 amide bonds. The van der Waals surface area contributed by atoms with E-state index in [2.05, 4.69) is 30.3 Å². The van der Waals surface area contributed by atoms with E-state index in [9.17, 15) is 5.11 Å². The molecule has 0 heterocycles. The molecule has 1 N–H and O–H groups in total. The zero-order valence-corrected chi connectivity index (χ0v) is 11.4. The van der Waals surface area contributed by atoms with Crippen molar-refractivity contribution in [3.63, 3.8) is 0 Å². The van der Waals surface area contributed by atoms with E-state index in [-0.39, 0.29) is 0 Å². The minimum atomic E-state index is 0.353. The SMILES string of the molecule is Oc1ccc(CCCCCCc2ccccc2)cc1. The second-order valence-corrected chi connectivity index (χ2v) is 5.07. The summed E-state index contributed by atoms with van der Waals surface area (Å²) in [5.41, 5.74) is 2.77. The number of aryl methyl sites for hydroxylation is 2. The number of unbranched alkanes of at least 4 members (excludes halogenated alkanes) is 3. The van der Waals surface area contributed by atoms with Crippen molar-refractivity contribution in [2.24, 2.45) is 0 Å². The first-order chi connectivity index (χ1) is 9.34. The molecule has 0 aromatic heterocycles. The van der Waals surface area contributed by atoms with Crippen LogP contribution in [0.5, 0.6) is 5.75 Å². The highest BCUT2D eigenvalue weighted by atomic mass is 16.3. The quantitative estimate of drug-likeness (QED) is 0.708. The Kier molecular flexibility index (Phi) is 5.49. The molecule has 100 valence electrons. The zero-order chi connectivity index (χ0) is 13.3. The molecular weight excluding hydrogens is 232 g/mol. The third-order valence-electron chi connectivity index (χ3n) is 3.46. The van der Waals surface area contributed by atoms with Gasteiger partial charge in [0.05, 0.1) is 0 Å². The number of phenols is 1. The Labute approximate surface area is 115 Å². The molecule has 2 rings (SSSR count). The maximum atomic E-state index is 9.21. The maximum absolute atomic E-state index is 9.21. The van der Waals surface area contributed by atoms with E-state index in [1.54, 1.807) is 12.1 Å². The Hall–Kier alpha value is -1.76. The van der Waals surface area contributed by atoms with Crippen molar-refractivity contribution in [1.29, 1.82) is 0 Å². The predicted octanol–water partition coefficient (Wildman–Crippen LogP) is 4.74. The molecule has 0 aliphatic heterocycles. The minimum absolute atomic E-state index is 0.353.